The highest BCUT2D eigenvalue weighted by molar-refractivity contribution is 6.12. The average molecular weight is 806 g/mol. The summed E-state index contributed by atoms with van der Waals surface area (Å²) in [5.74, 6) is -3.82. The van der Waals surface area contributed by atoms with Crippen molar-refractivity contribution < 1.29 is 52.6 Å². The van der Waals surface area contributed by atoms with Gasteiger partial charge in [-0.3, -0.25) is 48.2 Å². The monoisotopic (exact) mass is 805 g/mol. The van der Waals surface area contributed by atoms with E-state index in [4.69, 9.17) is 9.47 Å². The van der Waals surface area contributed by atoms with E-state index in [0.717, 1.165) is 10.5 Å². The molecule has 0 radical (unpaired) electrons. The van der Waals surface area contributed by atoms with Crippen LogP contribution < -0.4 is 26.6 Å². The number of carbonyl (C=O) groups is 9. The molecule has 2 aromatic carbocycles. The molecule has 1 atom stereocenters. The van der Waals surface area contributed by atoms with Gasteiger partial charge in [0.15, 0.2) is 5.78 Å². The molecule has 5 N–H and O–H groups in total. The van der Waals surface area contributed by atoms with E-state index in [1.54, 1.807) is 68.4 Å². The summed E-state index contributed by atoms with van der Waals surface area (Å²) in [5, 5.41) is 12.6. The fourth-order valence-electron chi connectivity index (χ4n) is 5.13. The standard InChI is InChI=1S/C40H51N7O11/c1-27(2)32(48)25-57-26-46(3)40(56)58-24-29-13-15-30(16-14-29)44-35(51)23-43-39(55)31(20-28-10-6-4-7-11-28)45-36(52)22-42-34(50)21-41-33(49)12-8-5-9-19-47-37(53)17-18-38(47)54/h4,6-7,10-11,13-18,27,31H,5,8-9,12,19-26H2,1-3H3,(H,41,49)(H,42,50)(H,43,55)(H,44,51)(H,45,52)/t31-/m0/s1. The lowest BCUT2D eigenvalue weighted by Gasteiger charge is -2.19. The molecular weight excluding hydrogens is 754 g/mol. The van der Waals surface area contributed by atoms with Crippen LogP contribution in [0, 0.1) is 5.92 Å². The summed E-state index contributed by atoms with van der Waals surface area (Å²) in [4.78, 5) is 112. The maximum atomic E-state index is 13.2. The molecule has 2 aromatic rings. The Hall–Kier alpha value is -6.43. The van der Waals surface area contributed by atoms with Crippen molar-refractivity contribution >= 4 is 58.9 Å². The highest BCUT2D eigenvalue weighted by Crippen LogP contribution is 2.12. The van der Waals surface area contributed by atoms with Gasteiger partial charge in [-0.05, 0) is 36.1 Å². The zero-order valence-electron chi connectivity index (χ0n) is 32.9. The number of Topliss-reactive ketones (excluding diaryl/α,β-unsaturated/α-hetero) is 1. The average Bonchev–Trinajstić information content (AvgIpc) is 3.53. The second-order valence-corrected chi connectivity index (χ2v) is 13.6. The first-order valence-corrected chi connectivity index (χ1v) is 18.8. The molecule has 0 unspecified atom stereocenters. The molecule has 18 nitrogen and oxygen atoms in total. The number of ketones is 1. The van der Waals surface area contributed by atoms with Gasteiger partial charge >= 0.3 is 6.09 Å². The fraction of sp³-hybridized carbons (Fsp3) is 0.425. The molecule has 18 heteroatoms. The third-order valence-electron chi connectivity index (χ3n) is 8.52. The molecule has 0 bridgehead atoms. The Morgan fingerprint density at radius 2 is 1.36 bits per heavy atom. The topological polar surface area (TPSA) is 239 Å². The van der Waals surface area contributed by atoms with Crippen LogP contribution in [0.1, 0.15) is 50.7 Å². The number of ether oxygens (including phenoxy) is 2. The van der Waals surface area contributed by atoms with Crippen LogP contribution in [0.5, 0.6) is 0 Å². The van der Waals surface area contributed by atoms with Gasteiger partial charge in [0, 0.05) is 50.2 Å². The van der Waals surface area contributed by atoms with Gasteiger partial charge in [0.05, 0.1) is 19.6 Å². The van der Waals surface area contributed by atoms with Crippen LogP contribution in [0.15, 0.2) is 66.7 Å². The minimum absolute atomic E-state index is 0.0523. The summed E-state index contributed by atoms with van der Waals surface area (Å²) in [6.07, 6.45) is 3.63. The quantitative estimate of drug-likeness (QED) is 0.0569. The smallest absolute Gasteiger partial charge is 0.411 e. The van der Waals surface area contributed by atoms with Crippen molar-refractivity contribution in [3.05, 3.63) is 77.9 Å². The molecule has 0 aliphatic carbocycles. The zero-order chi connectivity index (χ0) is 42.5. The van der Waals surface area contributed by atoms with Crippen LogP contribution in [0.25, 0.3) is 0 Å². The number of rotatable bonds is 24. The summed E-state index contributed by atoms with van der Waals surface area (Å²) in [7, 11) is 1.48. The van der Waals surface area contributed by atoms with Gasteiger partial charge in [-0.1, -0.05) is 62.7 Å². The molecule has 0 fully saturated rings. The van der Waals surface area contributed by atoms with Gasteiger partial charge in [-0.15, -0.1) is 0 Å². The molecule has 312 valence electrons. The van der Waals surface area contributed by atoms with Crippen LogP contribution in [0.4, 0.5) is 10.5 Å². The van der Waals surface area contributed by atoms with Crippen LogP contribution >= 0.6 is 0 Å². The highest BCUT2D eigenvalue weighted by Gasteiger charge is 2.24. The third kappa shape index (κ3) is 17.2. The van der Waals surface area contributed by atoms with Crippen LogP contribution in [0.2, 0.25) is 0 Å². The summed E-state index contributed by atoms with van der Waals surface area (Å²) in [6, 6.07) is 14.3. The third-order valence-corrected chi connectivity index (χ3v) is 8.52. The number of nitrogens with zero attached hydrogens (tertiary/aromatic N) is 2. The Balaban J connectivity index is 1.37. The number of carbonyl (C=O) groups excluding carboxylic acids is 9. The molecule has 1 aliphatic heterocycles. The molecule has 8 amide bonds. The van der Waals surface area contributed by atoms with Gasteiger partial charge in [0.2, 0.25) is 29.5 Å². The van der Waals surface area contributed by atoms with E-state index in [0.29, 0.717) is 30.5 Å². The van der Waals surface area contributed by atoms with Crippen molar-refractivity contribution in [2.24, 2.45) is 5.92 Å². The molecule has 1 heterocycles. The number of amides is 8. The number of nitrogens with one attached hydrogen (secondary N) is 5. The number of benzene rings is 2. The van der Waals surface area contributed by atoms with Crippen molar-refractivity contribution in [1.29, 1.82) is 0 Å². The number of unbranched alkanes of at least 4 members (excludes halogenated alkanes) is 2. The SMILES string of the molecule is CC(C)C(=O)COCN(C)C(=O)OCc1ccc(NC(=O)CNC(=O)[C@H](Cc2ccccc2)NC(=O)CNC(=O)CNC(=O)CCCCCN2C(=O)C=CC2=O)cc1. The summed E-state index contributed by atoms with van der Waals surface area (Å²) >= 11 is 0. The first kappa shape index (κ1) is 46.0. The van der Waals surface area contributed by atoms with E-state index < -0.39 is 48.9 Å². The molecule has 1 aliphatic rings. The van der Waals surface area contributed by atoms with Gasteiger partial charge < -0.3 is 36.1 Å². The van der Waals surface area contributed by atoms with E-state index in [1.807, 2.05) is 0 Å². The van der Waals surface area contributed by atoms with Crippen molar-refractivity contribution in [1.82, 2.24) is 31.1 Å². The fourth-order valence-corrected chi connectivity index (χ4v) is 5.13. The lowest BCUT2D eigenvalue weighted by molar-refractivity contribution is -0.137. The molecular formula is C40H51N7O11. The van der Waals surface area contributed by atoms with Gasteiger partial charge in [0.25, 0.3) is 11.8 Å². The van der Waals surface area contributed by atoms with Crippen molar-refractivity contribution in [2.45, 2.75) is 58.6 Å². The summed E-state index contributed by atoms with van der Waals surface area (Å²) < 4.78 is 10.5. The van der Waals surface area contributed by atoms with Crippen molar-refractivity contribution in [2.75, 3.05) is 51.9 Å². The molecule has 0 saturated carbocycles. The number of imide groups is 1. The highest BCUT2D eigenvalue weighted by atomic mass is 16.6. The van der Waals surface area contributed by atoms with Gasteiger partial charge in [0.1, 0.15) is 26.0 Å². The zero-order valence-corrected chi connectivity index (χ0v) is 32.9. The van der Waals surface area contributed by atoms with E-state index in [-0.39, 0.29) is 75.3 Å². The Bertz CT molecular complexity index is 1780. The number of anilines is 1. The Morgan fingerprint density at radius 3 is 2.03 bits per heavy atom. The molecule has 58 heavy (non-hydrogen) atoms. The molecule has 0 aromatic heterocycles. The van der Waals surface area contributed by atoms with Crippen LogP contribution in [-0.2, 0) is 60.9 Å². The van der Waals surface area contributed by atoms with Crippen molar-refractivity contribution in [3.63, 3.8) is 0 Å². The Labute approximate surface area is 336 Å². The van der Waals surface area contributed by atoms with E-state index >= 15 is 0 Å². The minimum atomic E-state index is -1.09. The maximum Gasteiger partial charge on any atom is 0.411 e. The first-order chi connectivity index (χ1) is 27.7. The van der Waals surface area contributed by atoms with Crippen molar-refractivity contribution in [3.8, 4) is 0 Å². The Morgan fingerprint density at radius 1 is 0.724 bits per heavy atom. The maximum absolute atomic E-state index is 13.2. The van der Waals surface area contributed by atoms with E-state index in [9.17, 15) is 43.2 Å². The van der Waals surface area contributed by atoms with Crippen LogP contribution in [-0.4, -0.2) is 116 Å². The predicted molar refractivity (Wildman–Crippen MR) is 209 cm³/mol. The second-order valence-electron chi connectivity index (χ2n) is 13.6. The number of hydrogen-bond donors (Lipinski definition) is 5. The first-order valence-electron chi connectivity index (χ1n) is 18.8. The molecule has 0 spiro atoms. The number of hydrogen-bond acceptors (Lipinski definition) is 11. The predicted octanol–water partition coefficient (Wildman–Crippen LogP) is 0.954. The molecule has 3 rings (SSSR count). The van der Waals surface area contributed by atoms with E-state index in [2.05, 4.69) is 26.6 Å². The summed E-state index contributed by atoms with van der Waals surface area (Å²) in [5.41, 5.74) is 1.79. The Kier molecular flexibility index (Phi) is 19.2. The van der Waals surface area contributed by atoms with Crippen LogP contribution in [0.3, 0.4) is 0 Å². The van der Waals surface area contributed by atoms with Gasteiger partial charge in [-0.2, -0.15) is 0 Å². The molecule has 0 saturated heterocycles. The van der Waals surface area contributed by atoms with E-state index in [1.165, 1.54) is 24.1 Å². The lowest BCUT2D eigenvalue weighted by atomic mass is 10.1. The van der Waals surface area contributed by atoms with Gasteiger partial charge in [-0.25, -0.2) is 4.79 Å². The lowest BCUT2D eigenvalue weighted by Crippen LogP contribution is -2.52. The normalized spacial score (nSPS) is 12.4. The summed E-state index contributed by atoms with van der Waals surface area (Å²) in [6.45, 7) is 2.25. The minimum Gasteiger partial charge on any atom is -0.444 e. The second kappa shape index (κ2) is 24.3. The largest absolute Gasteiger partial charge is 0.444 e.